The summed E-state index contributed by atoms with van der Waals surface area (Å²) in [6.07, 6.45) is -2.74. The lowest BCUT2D eigenvalue weighted by Crippen LogP contribution is -2.12. The van der Waals surface area contributed by atoms with Gasteiger partial charge >= 0.3 is 0 Å². The molecular formula is C8H12ClF2NO. The molecular weight excluding hydrogens is 200 g/mol. The predicted molar refractivity (Wildman–Crippen MR) is 48.2 cm³/mol. The fourth-order valence-corrected chi connectivity index (χ4v) is 0.961. The summed E-state index contributed by atoms with van der Waals surface area (Å²) in [6.45, 7) is 1.75. The molecule has 0 saturated heterocycles. The van der Waals surface area contributed by atoms with Crippen molar-refractivity contribution in [2.75, 3.05) is 0 Å². The Morgan fingerprint density at radius 3 is 2.46 bits per heavy atom. The maximum absolute atomic E-state index is 11.9. The number of furan rings is 1. The highest BCUT2D eigenvalue weighted by Gasteiger charge is 2.15. The third kappa shape index (κ3) is 3.74. The molecule has 1 aromatic rings. The van der Waals surface area contributed by atoms with Crippen LogP contribution in [0.15, 0.2) is 16.5 Å². The highest BCUT2D eigenvalue weighted by molar-refractivity contribution is 5.85. The van der Waals surface area contributed by atoms with E-state index in [0.717, 1.165) is 0 Å². The summed E-state index contributed by atoms with van der Waals surface area (Å²) in [7, 11) is 0. The van der Waals surface area contributed by atoms with Gasteiger partial charge in [0.1, 0.15) is 11.5 Å². The van der Waals surface area contributed by atoms with Crippen molar-refractivity contribution in [3.05, 3.63) is 23.7 Å². The van der Waals surface area contributed by atoms with E-state index >= 15 is 0 Å². The van der Waals surface area contributed by atoms with E-state index in [2.05, 4.69) is 0 Å². The van der Waals surface area contributed by atoms with Crippen molar-refractivity contribution in [2.45, 2.75) is 25.8 Å². The van der Waals surface area contributed by atoms with Crippen LogP contribution in [0.25, 0.3) is 0 Å². The lowest BCUT2D eigenvalue weighted by Gasteiger charge is -2.06. The Bertz CT molecular complexity index is 252. The smallest absolute Gasteiger partial charge is 0.240 e. The molecule has 13 heavy (non-hydrogen) atoms. The molecule has 0 bridgehead atoms. The van der Waals surface area contributed by atoms with Crippen LogP contribution in [0.1, 0.15) is 24.0 Å². The summed E-state index contributed by atoms with van der Waals surface area (Å²) in [4.78, 5) is 0. The molecule has 5 heteroatoms. The van der Waals surface area contributed by atoms with Gasteiger partial charge in [-0.3, -0.25) is 0 Å². The molecule has 0 unspecified atom stereocenters. The van der Waals surface area contributed by atoms with Crippen molar-refractivity contribution >= 4 is 12.4 Å². The normalized spacial score (nSPS) is 12.7. The van der Waals surface area contributed by atoms with Crippen LogP contribution in [-0.4, -0.2) is 6.43 Å². The number of rotatable bonds is 3. The van der Waals surface area contributed by atoms with Crippen molar-refractivity contribution in [3.8, 4) is 0 Å². The van der Waals surface area contributed by atoms with E-state index in [1.54, 1.807) is 19.1 Å². The molecule has 1 aromatic heterocycles. The van der Waals surface area contributed by atoms with Gasteiger partial charge in [0.15, 0.2) is 0 Å². The number of nitrogens with two attached hydrogens (primary N) is 1. The van der Waals surface area contributed by atoms with Gasteiger partial charge in [-0.1, -0.05) is 0 Å². The molecule has 2 nitrogen and oxygen atoms in total. The van der Waals surface area contributed by atoms with Gasteiger partial charge in [0.05, 0.1) is 6.04 Å². The zero-order chi connectivity index (χ0) is 9.14. The first-order valence-electron chi connectivity index (χ1n) is 3.69. The third-order valence-electron chi connectivity index (χ3n) is 1.56. The van der Waals surface area contributed by atoms with Gasteiger partial charge in [0.2, 0.25) is 6.43 Å². The van der Waals surface area contributed by atoms with Crippen molar-refractivity contribution in [3.63, 3.8) is 0 Å². The Morgan fingerprint density at radius 2 is 2.08 bits per heavy atom. The monoisotopic (exact) mass is 211 g/mol. The third-order valence-corrected chi connectivity index (χ3v) is 1.56. The van der Waals surface area contributed by atoms with Gasteiger partial charge in [0.25, 0.3) is 0 Å². The van der Waals surface area contributed by atoms with Gasteiger partial charge in [-0.2, -0.15) is 0 Å². The minimum absolute atomic E-state index is 0. The maximum Gasteiger partial charge on any atom is 0.240 e. The quantitative estimate of drug-likeness (QED) is 0.835. The van der Waals surface area contributed by atoms with Crippen LogP contribution in [-0.2, 0) is 0 Å². The highest BCUT2D eigenvalue weighted by atomic mass is 35.5. The van der Waals surface area contributed by atoms with E-state index in [9.17, 15) is 8.78 Å². The Labute approximate surface area is 81.5 Å². The van der Waals surface area contributed by atoms with E-state index in [1.807, 2.05) is 0 Å². The zero-order valence-electron chi connectivity index (χ0n) is 7.17. The number of hydrogen-bond donors (Lipinski definition) is 1. The summed E-state index contributed by atoms with van der Waals surface area (Å²) in [6, 6.07) is 2.64. The summed E-state index contributed by atoms with van der Waals surface area (Å²) in [5.74, 6) is 1.11. The first kappa shape index (κ1) is 12.4. The molecule has 0 fully saturated rings. The average Bonchev–Trinajstić information content (AvgIpc) is 2.34. The maximum atomic E-state index is 11.9. The largest absolute Gasteiger partial charge is 0.465 e. The van der Waals surface area contributed by atoms with E-state index in [-0.39, 0.29) is 18.8 Å². The molecule has 0 aliphatic rings. The number of hydrogen-bond acceptors (Lipinski definition) is 2. The number of halogens is 3. The Morgan fingerprint density at radius 1 is 1.46 bits per heavy atom. The first-order chi connectivity index (χ1) is 5.59. The summed E-state index contributed by atoms with van der Waals surface area (Å²) >= 11 is 0. The molecule has 76 valence electrons. The molecule has 0 aromatic carbocycles. The molecule has 0 radical (unpaired) electrons. The van der Waals surface area contributed by atoms with Crippen LogP contribution in [0.3, 0.4) is 0 Å². The van der Waals surface area contributed by atoms with Crippen LogP contribution in [0.4, 0.5) is 8.78 Å². The summed E-state index contributed by atoms with van der Waals surface area (Å²) < 4.78 is 28.8. The van der Waals surface area contributed by atoms with Crippen LogP contribution < -0.4 is 5.73 Å². The van der Waals surface area contributed by atoms with Crippen molar-refractivity contribution in [2.24, 2.45) is 5.73 Å². The Balaban J connectivity index is 0.00000144. The summed E-state index contributed by atoms with van der Waals surface area (Å²) in [5, 5.41) is 0. The minimum atomic E-state index is -2.38. The lowest BCUT2D eigenvalue weighted by molar-refractivity contribution is 0.124. The first-order valence-corrected chi connectivity index (χ1v) is 3.69. The standard InChI is InChI=1S/C8H11F2NO.ClH/c1-5-2-3-7(12-5)6(11)4-8(9)10;/h2-3,6,8H,4,11H2,1H3;1H/t6-;/m1./s1. The summed E-state index contributed by atoms with van der Waals surface area (Å²) in [5.41, 5.74) is 5.44. The molecule has 0 spiro atoms. The van der Waals surface area contributed by atoms with Crippen molar-refractivity contribution in [1.82, 2.24) is 0 Å². The minimum Gasteiger partial charge on any atom is -0.465 e. The lowest BCUT2D eigenvalue weighted by atomic mass is 10.2. The fourth-order valence-electron chi connectivity index (χ4n) is 0.961. The molecule has 1 atom stereocenters. The topological polar surface area (TPSA) is 39.2 Å². The van der Waals surface area contributed by atoms with Crippen LogP contribution in [0.5, 0.6) is 0 Å². The molecule has 0 aliphatic carbocycles. The van der Waals surface area contributed by atoms with E-state index in [0.29, 0.717) is 11.5 Å². The van der Waals surface area contributed by atoms with Crippen molar-refractivity contribution in [1.29, 1.82) is 0 Å². The van der Waals surface area contributed by atoms with Crippen LogP contribution in [0, 0.1) is 6.92 Å². The van der Waals surface area contributed by atoms with Gasteiger partial charge in [-0.25, -0.2) is 8.78 Å². The second-order valence-corrected chi connectivity index (χ2v) is 2.68. The van der Waals surface area contributed by atoms with Crippen LogP contribution in [0.2, 0.25) is 0 Å². The van der Waals surface area contributed by atoms with Gasteiger partial charge in [0, 0.05) is 6.42 Å². The van der Waals surface area contributed by atoms with Gasteiger partial charge < -0.3 is 10.2 Å². The molecule has 0 saturated carbocycles. The van der Waals surface area contributed by atoms with Gasteiger partial charge in [-0.15, -0.1) is 12.4 Å². The zero-order valence-corrected chi connectivity index (χ0v) is 7.98. The molecule has 1 heterocycles. The average molecular weight is 212 g/mol. The number of aryl methyl sites for hydroxylation is 1. The predicted octanol–water partition coefficient (Wildman–Crippen LogP) is 2.66. The molecule has 1 rings (SSSR count). The highest BCUT2D eigenvalue weighted by Crippen LogP contribution is 2.19. The molecule has 2 N–H and O–H groups in total. The van der Waals surface area contributed by atoms with Gasteiger partial charge in [-0.05, 0) is 19.1 Å². The van der Waals surface area contributed by atoms with E-state index < -0.39 is 12.5 Å². The van der Waals surface area contributed by atoms with E-state index in [4.69, 9.17) is 10.2 Å². The SMILES string of the molecule is Cc1ccc([C@H](N)CC(F)F)o1.Cl. The second-order valence-electron chi connectivity index (χ2n) is 2.68. The molecule has 0 aliphatic heterocycles. The fraction of sp³-hybridized carbons (Fsp3) is 0.500. The number of alkyl halides is 2. The second kappa shape index (κ2) is 5.19. The van der Waals surface area contributed by atoms with Crippen LogP contribution >= 0.6 is 12.4 Å². The van der Waals surface area contributed by atoms with Crippen molar-refractivity contribution < 1.29 is 13.2 Å². The van der Waals surface area contributed by atoms with E-state index in [1.165, 1.54) is 0 Å². The Kier molecular flexibility index (Phi) is 4.95. The molecule has 0 amide bonds. The Hall–Kier alpha value is -0.610.